The highest BCUT2D eigenvalue weighted by atomic mass is 16.5. The van der Waals surface area contributed by atoms with Gasteiger partial charge in [0, 0.05) is 36.6 Å². The number of carbonyl (C=O) groups excluding carboxylic acids is 3. The summed E-state index contributed by atoms with van der Waals surface area (Å²) in [6, 6.07) is -0.00124. The Kier molecular flexibility index (Phi) is 3.04. The molecule has 0 aromatic carbocycles. The molecule has 0 aromatic heterocycles. The van der Waals surface area contributed by atoms with Crippen LogP contribution in [0.1, 0.15) is 33.6 Å². The molecule has 3 aliphatic rings. The molecule has 3 fully saturated rings. The molecule has 6 heteroatoms. The molecule has 6 nitrogen and oxygen atoms in total. The van der Waals surface area contributed by atoms with Gasteiger partial charge in [0.2, 0.25) is 5.91 Å². The van der Waals surface area contributed by atoms with Gasteiger partial charge in [0.25, 0.3) is 0 Å². The first-order valence-corrected chi connectivity index (χ1v) is 7.38. The lowest BCUT2D eigenvalue weighted by atomic mass is 9.69. The molecule has 1 N–H and O–H groups in total. The van der Waals surface area contributed by atoms with Crippen LogP contribution in [-0.4, -0.2) is 37.1 Å². The summed E-state index contributed by atoms with van der Waals surface area (Å²) in [5.74, 6) is -0.522. The molecule has 2 saturated carbocycles. The van der Waals surface area contributed by atoms with Crippen molar-refractivity contribution in [1.82, 2.24) is 5.32 Å². The third-order valence-electron chi connectivity index (χ3n) is 5.79. The Morgan fingerprint density at radius 1 is 1.24 bits per heavy atom. The molecule has 21 heavy (non-hydrogen) atoms. The van der Waals surface area contributed by atoms with Crippen molar-refractivity contribution in [2.24, 2.45) is 22.7 Å². The first-order chi connectivity index (χ1) is 9.81. The van der Waals surface area contributed by atoms with Crippen LogP contribution in [0.3, 0.4) is 0 Å². The maximum Gasteiger partial charge on any atom is 0.302 e. The smallest absolute Gasteiger partial charge is 0.302 e. The van der Waals surface area contributed by atoms with E-state index in [4.69, 9.17) is 9.47 Å². The van der Waals surface area contributed by atoms with Gasteiger partial charge in [-0.2, -0.15) is 0 Å². The minimum absolute atomic E-state index is 0.00124. The van der Waals surface area contributed by atoms with E-state index in [0.717, 1.165) is 6.42 Å². The normalized spacial score (nSPS) is 42.8. The number of nitrogens with one attached hydrogen (secondary N) is 1. The van der Waals surface area contributed by atoms with Gasteiger partial charge in [-0.05, 0) is 18.8 Å². The van der Waals surface area contributed by atoms with Crippen LogP contribution in [0, 0.1) is 22.7 Å². The zero-order valence-electron chi connectivity index (χ0n) is 12.6. The van der Waals surface area contributed by atoms with Crippen LogP contribution in [-0.2, 0) is 23.9 Å². The predicted octanol–water partition coefficient (Wildman–Crippen LogP) is 0.643. The van der Waals surface area contributed by atoms with Gasteiger partial charge in [-0.1, -0.05) is 6.92 Å². The fraction of sp³-hybridized carbons (Fsp3) is 0.800. The van der Waals surface area contributed by atoms with Crippen LogP contribution in [0.2, 0.25) is 0 Å². The summed E-state index contributed by atoms with van der Waals surface area (Å²) in [6.45, 7) is 5.48. The van der Waals surface area contributed by atoms with Crippen molar-refractivity contribution < 1.29 is 23.9 Å². The molecule has 0 aromatic rings. The molecule has 3 rings (SSSR count). The van der Waals surface area contributed by atoms with Gasteiger partial charge >= 0.3 is 11.9 Å². The number of rotatable bonds is 4. The number of hydrogen-bond donors (Lipinski definition) is 1. The maximum atomic E-state index is 12.2. The average Bonchev–Trinajstić information content (AvgIpc) is 2.92. The number of esters is 2. The summed E-state index contributed by atoms with van der Waals surface area (Å²) in [6.07, 6.45) is 1.46. The summed E-state index contributed by atoms with van der Waals surface area (Å²) < 4.78 is 10.5. The lowest BCUT2D eigenvalue weighted by Crippen LogP contribution is -2.45. The van der Waals surface area contributed by atoms with Crippen LogP contribution >= 0.6 is 0 Å². The van der Waals surface area contributed by atoms with Gasteiger partial charge in [0.1, 0.15) is 0 Å². The zero-order chi connectivity index (χ0) is 15.4. The Morgan fingerprint density at radius 2 is 1.86 bits per heavy atom. The third kappa shape index (κ3) is 1.88. The molecular formula is C15H21NO5. The number of ether oxygens (including phenoxy) is 2. The summed E-state index contributed by atoms with van der Waals surface area (Å²) in [5, 5.41) is 3.06. The Morgan fingerprint density at radius 3 is 2.48 bits per heavy atom. The minimum Gasteiger partial charge on any atom is -0.465 e. The van der Waals surface area contributed by atoms with Crippen LogP contribution < -0.4 is 5.32 Å². The van der Waals surface area contributed by atoms with E-state index in [9.17, 15) is 14.4 Å². The SMILES string of the molecule is CC(=O)OCC12CC3C(=O)NC(C1C)C3(COC(C)=O)C2. The average molecular weight is 295 g/mol. The lowest BCUT2D eigenvalue weighted by molar-refractivity contribution is -0.147. The molecule has 0 radical (unpaired) electrons. The quantitative estimate of drug-likeness (QED) is 0.770. The van der Waals surface area contributed by atoms with E-state index in [-0.39, 0.29) is 53.2 Å². The van der Waals surface area contributed by atoms with E-state index in [0.29, 0.717) is 13.0 Å². The number of fused-ring (bicyclic) bond motifs is 1. The molecule has 1 aliphatic heterocycles. The molecule has 0 spiro atoms. The summed E-state index contributed by atoms with van der Waals surface area (Å²) in [7, 11) is 0. The third-order valence-corrected chi connectivity index (χ3v) is 5.79. The Labute approximate surface area is 123 Å². The Bertz CT molecular complexity index is 518. The minimum atomic E-state index is -0.331. The fourth-order valence-electron chi connectivity index (χ4n) is 4.83. The summed E-state index contributed by atoms with van der Waals surface area (Å²) in [4.78, 5) is 34.5. The molecule has 1 amide bonds. The second-order valence-electron chi connectivity index (χ2n) is 6.86. The molecule has 2 aliphatic carbocycles. The van der Waals surface area contributed by atoms with Gasteiger partial charge in [-0.3, -0.25) is 14.4 Å². The van der Waals surface area contributed by atoms with Gasteiger partial charge in [0.05, 0.1) is 13.2 Å². The molecule has 5 atom stereocenters. The number of carbonyl (C=O) groups is 3. The first-order valence-electron chi connectivity index (χ1n) is 7.38. The van der Waals surface area contributed by atoms with E-state index in [1.807, 2.05) is 0 Å². The summed E-state index contributed by atoms with van der Waals surface area (Å²) in [5.41, 5.74) is -0.511. The van der Waals surface area contributed by atoms with Crippen molar-refractivity contribution >= 4 is 17.8 Å². The van der Waals surface area contributed by atoms with Crippen molar-refractivity contribution in [3.8, 4) is 0 Å². The van der Waals surface area contributed by atoms with E-state index >= 15 is 0 Å². The highest BCUT2D eigenvalue weighted by Gasteiger charge is 2.74. The van der Waals surface area contributed by atoms with Crippen LogP contribution in [0.4, 0.5) is 0 Å². The largest absolute Gasteiger partial charge is 0.465 e. The van der Waals surface area contributed by atoms with Gasteiger partial charge < -0.3 is 14.8 Å². The molecular weight excluding hydrogens is 274 g/mol. The molecule has 1 heterocycles. The standard InChI is InChI=1S/C15H21NO5/c1-8-12-15(7-21-10(3)18)5-14(8,6-20-9(2)17)4-11(15)13(19)16-12/h8,11-12H,4-7H2,1-3H3,(H,16,19). The highest BCUT2D eigenvalue weighted by Crippen LogP contribution is 2.69. The van der Waals surface area contributed by atoms with Crippen molar-refractivity contribution in [2.75, 3.05) is 13.2 Å². The van der Waals surface area contributed by atoms with Gasteiger partial charge in [-0.15, -0.1) is 0 Å². The van der Waals surface area contributed by atoms with Gasteiger partial charge in [0.15, 0.2) is 0 Å². The maximum absolute atomic E-state index is 12.2. The highest BCUT2D eigenvalue weighted by molar-refractivity contribution is 5.84. The fourth-order valence-corrected chi connectivity index (χ4v) is 4.83. The Balaban J connectivity index is 1.88. The van der Waals surface area contributed by atoms with Crippen LogP contribution in [0.5, 0.6) is 0 Å². The van der Waals surface area contributed by atoms with Crippen molar-refractivity contribution in [3.63, 3.8) is 0 Å². The van der Waals surface area contributed by atoms with Crippen molar-refractivity contribution in [3.05, 3.63) is 0 Å². The van der Waals surface area contributed by atoms with E-state index < -0.39 is 0 Å². The van der Waals surface area contributed by atoms with Crippen molar-refractivity contribution in [1.29, 1.82) is 0 Å². The molecule has 5 unspecified atom stereocenters. The second-order valence-corrected chi connectivity index (χ2v) is 6.86. The van der Waals surface area contributed by atoms with Crippen LogP contribution in [0.25, 0.3) is 0 Å². The topological polar surface area (TPSA) is 81.7 Å². The molecule has 1 saturated heterocycles. The second kappa shape index (κ2) is 4.45. The monoisotopic (exact) mass is 295 g/mol. The Hall–Kier alpha value is -1.59. The number of amides is 1. The zero-order valence-corrected chi connectivity index (χ0v) is 12.6. The number of hydrogen-bond acceptors (Lipinski definition) is 5. The summed E-state index contributed by atoms with van der Waals surface area (Å²) >= 11 is 0. The van der Waals surface area contributed by atoms with Crippen molar-refractivity contribution in [2.45, 2.75) is 39.7 Å². The predicted molar refractivity (Wildman–Crippen MR) is 72.0 cm³/mol. The molecule has 116 valence electrons. The van der Waals surface area contributed by atoms with Gasteiger partial charge in [-0.25, -0.2) is 0 Å². The van der Waals surface area contributed by atoms with E-state index in [2.05, 4.69) is 12.2 Å². The van der Waals surface area contributed by atoms with E-state index in [1.165, 1.54) is 13.8 Å². The van der Waals surface area contributed by atoms with E-state index in [1.54, 1.807) is 0 Å². The first kappa shape index (κ1) is 14.4. The lowest BCUT2D eigenvalue weighted by Gasteiger charge is -2.37. The van der Waals surface area contributed by atoms with Crippen LogP contribution in [0.15, 0.2) is 0 Å². The molecule has 2 bridgehead atoms.